The van der Waals surface area contributed by atoms with Crippen molar-refractivity contribution >= 4 is 17.9 Å². The Balaban J connectivity index is 2.13. The molecule has 0 unspecified atom stereocenters. The Kier molecular flexibility index (Phi) is 7.82. The quantitative estimate of drug-likeness (QED) is 0.387. The number of ether oxygens (including phenoxy) is 1. The standard InChI is InChI=1S/C19H28N6O/c1-5-10-25(4)18-13-17(22-19(23-18)26-11-9-20-3)24-21-14-16-8-6-7-15(2)12-16/h6-8,12-14,20H,5,9-11H2,1-4H3,(H,22,23,24)/b21-14+. The van der Waals surface area contributed by atoms with Crippen LogP contribution in [0, 0.1) is 6.92 Å². The molecule has 0 aliphatic heterocycles. The molecule has 1 aromatic heterocycles. The summed E-state index contributed by atoms with van der Waals surface area (Å²) in [6.07, 6.45) is 2.80. The third-order valence-corrected chi connectivity index (χ3v) is 3.66. The lowest BCUT2D eigenvalue weighted by molar-refractivity contribution is 0.294. The Morgan fingerprint density at radius 2 is 2.12 bits per heavy atom. The second kappa shape index (κ2) is 10.4. The molecule has 1 aromatic carbocycles. The van der Waals surface area contributed by atoms with Crippen LogP contribution in [0.1, 0.15) is 24.5 Å². The van der Waals surface area contributed by atoms with Gasteiger partial charge < -0.3 is 15.0 Å². The van der Waals surface area contributed by atoms with Crippen molar-refractivity contribution in [2.45, 2.75) is 20.3 Å². The van der Waals surface area contributed by atoms with Crippen LogP contribution in [0.3, 0.4) is 0 Å². The van der Waals surface area contributed by atoms with Crippen molar-refractivity contribution < 1.29 is 4.74 Å². The van der Waals surface area contributed by atoms with E-state index >= 15 is 0 Å². The Hall–Kier alpha value is -2.67. The maximum atomic E-state index is 5.63. The molecule has 2 rings (SSSR count). The molecule has 2 aromatic rings. The Bertz CT molecular complexity index is 719. The van der Waals surface area contributed by atoms with Gasteiger partial charge in [0.25, 0.3) is 0 Å². The van der Waals surface area contributed by atoms with Gasteiger partial charge in [-0.05, 0) is 26.0 Å². The van der Waals surface area contributed by atoms with Crippen molar-refractivity contribution in [2.75, 3.05) is 44.1 Å². The number of hydrazone groups is 1. The van der Waals surface area contributed by atoms with E-state index in [1.54, 1.807) is 6.21 Å². The maximum Gasteiger partial charge on any atom is 0.320 e. The average Bonchev–Trinajstić information content (AvgIpc) is 2.62. The van der Waals surface area contributed by atoms with Crippen LogP contribution in [0.15, 0.2) is 35.4 Å². The van der Waals surface area contributed by atoms with Gasteiger partial charge in [-0.3, -0.25) is 5.43 Å². The van der Waals surface area contributed by atoms with Gasteiger partial charge in [-0.25, -0.2) is 0 Å². The highest BCUT2D eigenvalue weighted by Gasteiger charge is 2.09. The van der Waals surface area contributed by atoms with E-state index in [0.29, 0.717) is 18.4 Å². The van der Waals surface area contributed by atoms with Crippen molar-refractivity contribution in [1.82, 2.24) is 15.3 Å². The minimum absolute atomic E-state index is 0.342. The van der Waals surface area contributed by atoms with Crippen molar-refractivity contribution in [3.63, 3.8) is 0 Å². The smallest absolute Gasteiger partial charge is 0.320 e. The highest BCUT2D eigenvalue weighted by atomic mass is 16.5. The highest BCUT2D eigenvalue weighted by molar-refractivity contribution is 5.80. The van der Waals surface area contributed by atoms with E-state index in [0.717, 1.165) is 30.9 Å². The van der Waals surface area contributed by atoms with E-state index in [4.69, 9.17) is 4.74 Å². The number of hydrogen-bond donors (Lipinski definition) is 2. The van der Waals surface area contributed by atoms with Gasteiger partial charge in [-0.1, -0.05) is 36.8 Å². The molecule has 0 atom stereocenters. The van der Waals surface area contributed by atoms with Crippen LogP contribution in [0.4, 0.5) is 11.6 Å². The number of nitrogens with zero attached hydrogens (tertiary/aromatic N) is 4. The van der Waals surface area contributed by atoms with Gasteiger partial charge >= 0.3 is 6.01 Å². The lowest BCUT2D eigenvalue weighted by Gasteiger charge is -2.18. The number of benzene rings is 1. The molecule has 0 spiro atoms. The monoisotopic (exact) mass is 356 g/mol. The molecule has 26 heavy (non-hydrogen) atoms. The fourth-order valence-corrected chi connectivity index (χ4v) is 2.35. The summed E-state index contributed by atoms with van der Waals surface area (Å²) < 4.78 is 5.63. The molecule has 140 valence electrons. The first-order valence-electron chi connectivity index (χ1n) is 8.85. The van der Waals surface area contributed by atoms with E-state index in [9.17, 15) is 0 Å². The molecule has 7 heteroatoms. The molecule has 0 fully saturated rings. The first-order valence-corrected chi connectivity index (χ1v) is 8.85. The Morgan fingerprint density at radius 3 is 2.85 bits per heavy atom. The van der Waals surface area contributed by atoms with E-state index in [-0.39, 0.29) is 0 Å². The molecule has 0 aliphatic rings. The largest absolute Gasteiger partial charge is 0.462 e. The molecule has 2 N–H and O–H groups in total. The fourth-order valence-electron chi connectivity index (χ4n) is 2.35. The van der Waals surface area contributed by atoms with Crippen molar-refractivity contribution in [3.05, 3.63) is 41.5 Å². The second-order valence-electron chi connectivity index (χ2n) is 6.05. The number of rotatable bonds is 10. The van der Waals surface area contributed by atoms with E-state index in [1.807, 2.05) is 32.3 Å². The second-order valence-corrected chi connectivity index (χ2v) is 6.05. The first-order chi connectivity index (χ1) is 12.6. The predicted octanol–water partition coefficient (Wildman–Crippen LogP) is 2.68. The molecular formula is C19H28N6O. The molecule has 0 saturated carbocycles. The van der Waals surface area contributed by atoms with Crippen LogP contribution < -0.4 is 20.4 Å². The number of aryl methyl sites for hydroxylation is 1. The summed E-state index contributed by atoms with van der Waals surface area (Å²) in [5.74, 6) is 1.40. The van der Waals surface area contributed by atoms with Crippen molar-refractivity contribution in [2.24, 2.45) is 5.10 Å². The number of likely N-dealkylation sites (N-methyl/N-ethyl adjacent to an activating group) is 1. The van der Waals surface area contributed by atoms with E-state index in [1.165, 1.54) is 5.56 Å². The minimum atomic E-state index is 0.342. The number of hydrogen-bond acceptors (Lipinski definition) is 7. The van der Waals surface area contributed by atoms with E-state index < -0.39 is 0 Å². The third kappa shape index (κ3) is 6.33. The number of aromatic nitrogens is 2. The summed E-state index contributed by atoms with van der Waals surface area (Å²) >= 11 is 0. The van der Waals surface area contributed by atoms with Gasteiger partial charge in [0.15, 0.2) is 5.82 Å². The van der Waals surface area contributed by atoms with Crippen molar-refractivity contribution in [1.29, 1.82) is 0 Å². The van der Waals surface area contributed by atoms with Gasteiger partial charge in [-0.15, -0.1) is 0 Å². The van der Waals surface area contributed by atoms with Crippen LogP contribution in [0.25, 0.3) is 0 Å². The minimum Gasteiger partial charge on any atom is -0.462 e. The van der Waals surface area contributed by atoms with Crippen molar-refractivity contribution in [3.8, 4) is 6.01 Å². The molecule has 0 bridgehead atoms. The van der Waals surface area contributed by atoms with E-state index in [2.05, 4.69) is 56.7 Å². The molecule has 1 heterocycles. The molecule has 7 nitrogen and oxygen atoms in total. The molecule has 0 amide bonds. The van der Waals surface area contributed by atoms with Crippen LogP contribution >= 0.6 is 0 Å². The third-order valence-electron chi connectivity index (χ3n) is 3.66. The zero-order valence-corrected chi connectivity index (χ0v) is 16.0. The summed E-state index contributed by atoms with van der Waals surface area (Å²) in [5, 5.41) is 7.32. The van der Waals surface area contributed by atoms with Crippen LogP contribution in [0.5, 0.6) is 6.01 Å². The topological polar surface area (TPSA) is 74.7 Å². The predicted molar refractivity (Wildman–Crippen MR) is 107 cm³/mol. The summed E-state index contributed by atoms with van der Waals surface area (Å²) in [6, 6.07) is 10.3. The summed E-state index contributed by atoms with van der Waals surface area (Å²) in [7, 11) is 3.88. The van der Waals surface area contributed by atoms with Crippen LogP contribution in [-0.2, 0) is 0 Å². The molecule has 0 aliphatic carbocycles. The van der Waals surface area contributed by atoms with Gasteiger partial charge in [0, 0.05) is 26.2 Å². The fraction of sp³-hybridized carbons (Fsp3) is 0.421. The zero-order chi connectivity index (χ0) is 18.8. The average molecular weight is 356 g/mol. The highest BCUT2D eigenvalue weighted by Crippen LogP contribution is 2.19. The summed E-state index contributed by atoms with van der Waals surface area (Å²) in [6.45, 7) is 6.32. The lowest BCUT2D eigenvalue weighted by atomic mass is 10.2. The normalized spacial score (nSPS) is 10.9. The number of anilines is 2. The van der Waals surface area contributed by atoms with Gasteiger partial charge in [0.2, 0.25) is 0 Å². The zero-order valence-electron chi connectivity index (χ0n) is 16.0. The number of nitrogens with one attached hydrogen (secondary N) is 2. The Morgan fingerprint density at radius 1 is 1.27 bits per heavy atom. The lowest BCUT2D eigenvalue weighted by Crippen LogP contribution is -2.21. The van der Waals surface area contributed by atoms with Gasteiger partial charge in [0.1, 0.15) is 12.4 Å². The summed E-state index contributed by atoms with van der Waals surface area (Å²) in [4.78, 5) is 10.9. The SMILES string of the molecule is CCCN(C)c1cc(N/N=C/c2cccc(C)c2)nc(OCCNC)n1. The first kappa shape index (κ1) is 19.7. The molecular weight excluding hydrogens is 328 g/mol. The Labute approximate surface area is 155 Å². The summed E-state index contributed by atoms with van der Waals surface area (Å²) in [5.41, 5.74) is 5.20. The van der Waals surface area contributed by atoms with Gasteiger partial charge in [0.05, 0.1) is 6.21 Å². The van der Waals surface area contributed by atoms with Crippen LogP contribution in [0.2, 0.25) is 0 Å². The maximum absolute atomic E-state index is 5.63. The molecule has 0 radical (unpaired) electrons. The van der Waals surface area contributed by atoms with Gasteiger partial charge in [-0.2, -0.15) is 15.1 Å². The van der Waals surface area contributed by atoms with Crippen LogP contribution in [-0.4, -0.2) is 50.0 Å². The molecule has 0 saturated heterocycles.